The summed E-state index contributed by atoms with van der Waals surface area (Å²) in [5.74, 6) is -1.57. The van der Waals surface area contributed by atoms with Crippen molar-refractivity contribution >= 4 is 11.8 Å². The smallest absolute Gasteiger partial charge is 0.275 e. The van der Waals surface area contributed by atoms with Gasteiger partial charge < -0.3 is 21.2 Å². The third kappa shape index (κ3) is 2.73. The van der Waals surface area contributed by atoms with Crippen LogP contribution in [0.1, 0.15) is 26.4 Å². The molecule has 0 saturated heterocycles. The number of amides is 2. The molecule has 2 amide bonds. The molecule has 1 aliphatic heterocycles. The van der Waals surface area contributed by atoms with E-state index in [0.717, 1.165) is 5.56 Å². The number of hydrogen-bond donors (Lipinski definition) is 3. The van der Waals surface area contributed by atoms with E-state index in [1.165, 1.54) is 10.9 Å². The third-order valence-electron chi connectivity index (χ3n) is 3.37. The van der Waals surface area contributed by atoms with E-state index in [4.69, 9.17) is 10.5 Å². The Balaban J connectivity index is 2.06. The van der Waals surface area contributed by atoms with Gasteiger partial charge in [0.2, 0.25) is 5.43 Å². The molecule has 4 N–H and O–H groups in total. The highest BCUT2D eigenvalue weighted by molar-refractivity contribution is 5.98. The van der Waals surface area contributed by atoms with Gasteiger partial charge in [-0.1, -0.05) is 30.3 Å². The zero-order valence-electron chi connectivity index (χ0n) is 12.0. The molecule has 0 bridgehead atoms. The molecule has 1 aromatic heterocycles. The number of nitrogens with zero attached hydrogens (tertiary/aromatic N) is 1. The van der Waals surface area contributed by atoms with Crippen molar-refractivity contribution in [3.05, 3.63) is 63.6 Å². The van der Waals surface area contributed by atoms with Crippen molar-refractivity contribution in [3.63, 3.8) is 0 Å². The maximum absolute atomic E-state index is 12.4. The number of ether oxygens (including phenoxy) is 1. The molecule has 8 nitrogen and oxygen atoms in total. The van der Waals surface area contributed by atoms with Gasteiger partial charge >= 0.3 is 0 Å². The van der Waals surface area contributed by atoms with Gasteiger partial charge in [0, 0.05) is 6.20 Å². The normalized spacial score (nSPS) is 12.8. The molecule has 0 atom stereocenters. The number of hydrogen-bond acceptors (Lipinski definition) is 5. The van der Waals surface area contributed by atoms with Crippen molar-refractivity contribution in [3.8, 4) is 5.75 Å². The Morgan fingerprint density at radius 2 is 2.00 bits per heavy atom. The lowest BCUT2D eigenvalue weighted by Crippen LogP contribution is -2.44. The van der Waals surface area contributed by atoms with Crippen LogP contribution in [0.4, 0.5) is 0 Å². The van der Waals surface area contributed by atoms with E-state index in [1.54, 1.807) is 0 Å². The lowest BCUT2D eigenvalue weighted by molar-refractivity contribution is 0.0924. The largest absolute Gasteiger partial charge is 0.482 e. The van der Waals surface area contributed by atoms with Crippen LogP contribution in [0.5, 0.6) is 5.75 Å². The van der Waals surface area contributed by atoms with Gasteiger partial charge in [0.1, 0.15) is 18.8 Å². The first-order chi connectivity index (χ1) is 11.1. The van der Waals surface area contributed by atoms with Gasteiger partial charge in [-0.2, -0.15) is 0 Å². The van der Waals surface area contributed by atoms with Crippen LogP contribution in [-0.4, -0.2) is 23.2 Å². The van der Waals surface area contributed by atoms with E-state index in [2.05, 4.69) is 10.7 Å². The highest BCUT2D eigenvalue weighted by Crippen LogP contribution is 2.17. The zero-order valence-corrected chi connectivity index (χ0v) is 12.0. The molecule has 0 radical (unpaired) electrons. The zero-order chi connectivity index (χ0) is 16.4. The number of carbonyl (C=O) groups excluding carboxylic acids is 2. The fourth-order valence-corrected chi connectivity index (χ4v) is 2.26. The first kappa shape index (κ1) is 14.6. The first-order valence-electron chi connectivity index (χ1n) is 6.86. The van der Waals surface area contributed by atoms with Crippen LogP contribution in [0.25, 0.3) is 0 Å². The van der Waals surface area contributed by atoms with Crippen LogP contribution >= 0.6 is 0 Å². The van der Waals surface area contributed by atoms with Crippen LogP contribution in [0.2, 0.25) is 0 Å². The summed E-state index contributed by atoms with van der Waals surface area (Å²) in [6.45, 7) is 0.240. The summed E-state index contributed by atoms with van der Waals surface area (Å²) in [5, 5.41) is 2.55. The molecule has 0 fully saturated rings. The maximum Gasteiger partial charge on any atom is 0.275 e. The Bertz CT molecular complexity index is 829. The Kier molecular flexibility index (Phi) is 3.71. The Morgan fingerprint density at radius 1 is 1.26 bits per heavy atom. The minimum absolute atomic E-state index is 0.00202. The van der Waals surface area contributed by atoms with Gasteiger partial charge in [-0.15, -0.1) is 0 Å². The Labute approximate surface area is 130 Å². The molecule has 1 aliphatic rings. The predicted molar refractivity (Wildman–Crippen MR) is 81.7 cm³/mol. The van der Waals surface area contributed by atoms with Gasteiger partial charge in [0.05, 0.1) is 0 Å². The molecule has 0 saturated carbocycles. The van der Waals surface area contributed by atoms with Crippen molar-refractivity contribution in [2.75, 3.05) is 12.1 Å². The number of primary amides is 1. The highest BCUT2D eigenvalue weighted by atomic mass is 16.5. The summed E-state index contributed by atoms with van der Waals surface area (Å²) in [7, 11) is 0. The van der Waals surface area contributed by atoms with E-state index < -0.39 is 17.2 Å². The second-order valence-corrected chi connectivity index (χ2v) is 4.90. The summed E-state index contributed by atoms with van der Waals surface area (Å²) in [5.41, 5.74) is 7.89. The molecule has 1 aromatic carbocycles. The Morgan fingerprint density at radius 3 is 2.70 bits per heavy atom. The lowest BCUT2D eigenvalue weighted by atomic mass is 10.2. The summed E-state index contributed by atoms with van der Waals surface area (Å²) in [6, 6.07) is 9.15. The minimum Gasteiger partial charge on any atom is -0.482 e. The predicted octanol–water partition coefficient (Wildman–Crippen LogP) is -0.229. The first-order valence-corrected chi connectivity index (χ1v) is 6.86. The third-order valence-corrected chi connectivity index (χ3v) is 3.37. The molecule has 3 rings (SSSR count). The maximum atomic E-state index is 12.4. The average molecular weight is 314 g/mol. The molecular weight excluding hydrogens is 300 g/mol. The van der Waals surface area contributed by atoms with Gasteiger partial charge in [0.25, 0.3) is 11.8 Å². The number of pyridine rings is 1. The molecule has 0 unspecified atom stereocenters. The van der Waals surface area contributed by atoms with Crippen molar-refractivity contribution in [1.82, 2.24) is 9.99 Å². The minimum atomic E-state index is -0.886. The summed E-state index contributed by atoms with van der Waals surface area (Å²) < 4.78 is 6.82. The van der Waals surface area contributed by atoms with E-state index in [-0.39, 0.29) is 30.3 Å². The molecule has 8 heteroatoms. The van der Waals surface area contributed by atoms with Gasteiger partial charge in [-0.05, 0) is 5.56 Å². The highest BCUT2D eigenvalue weighted by Gasteiger charge is 2.27. The van der Waals surface area contributed by atoms with Crippen LogP contribution in [0.15, 0.2) is 41.3 Å². The molecule has 2 aromatic rings. The van der Waals surface area contributed by atoms with Gasteiger partial charge in [-0.3, -0.25) is 19.1 Å². The number of fused-ring (bicyclic) bond motifs is 1. The van der Waals surface area contributed by atoms with Crippen LogP contribution in [0.3, 0.4) is 0 Å². The second-order valence-electron chi connectivity index (χ2n) is 4.90. The van der Waals surface area contributed by atoms with Crippen LogP contribution in [-0.2, 0) is 6.61 Å². The van der Waals surface area contributed by atoms with Gasteiger partial charge in [-0.25, -0.2) is 0 Å². The molecule has 0 spiro atoms. The van der Waals surface area contributed by atoms with Crippen molar-refractivity contribution in [2.24, 2.45) is 5.73 Å². The number of benzene rings is 1. The van der Waals surface area contributed by atoms with E-state index in [0.29, 0.717) is 0 Å². The molecule has 2 heterocycles. The summed E-state index contributed by atoms with van der Waals surface area (Å²) in [4.78, 5) is 35.9. The molecule has 0 aliphatic carbocycles. The van der Waals surface area contributed by atoms with Crippen LogP contribution in [0, 0.1) is 0 Å². The fraction of sp³-hybridized carbons (Fsp3) is 0.133. The quantitative estimate of drug-likeness (QED) is 0.721. The summed E-state index contributed by atoms with van der Waals surface area (Å²) in [6.07, 6.45) is 1.20. The standard InChI is InChI=1S/C15H14N4O4/c16-14(21)10-6-19-11(15(22)17-8-18-19)13(12(10)20)23-7-9-4-2-1-3-5-9/h1-6,18H,7-8H2,(H2,16,21)(H,17,22). The van der Waals surface area contributed by atoms with Crippen molar-refractivity contribution in [2.45, 2.75) is 6.61 Å². The van der Waals surface area contributed by atoms with Crippen LogP contribution < -0.4 is 26.6 Å². The number of nitrogens with two attached hydrogens (primary N) is 1. The molecule has 23 heavy (non-hydrogen) atoms. The summed E-state index contributed by atoms with van der Waals surface area (Å²) >= 11 is 0. The molecular formula is C15H14N4O4. The lowest BCUT2D eigenvalue weighted by Gasteiger charge is -2.23. The van der Waals surface area contributed by atoms with E-state index in [1.807, 2.05) is 30.3 Å². The van der Waals surface area contributed by atoms with E-state index >= 15 is 0 Å². The topological polar surface area (TPSA) is 115 Å². The number of aromatic nitrogens is 1. The monoisotopic (exact) mass is 314 g/mol. The Hall–Kier alpha value is -3.29. The second kappa shape index (κ2) is 5.84. The van der Waals surface area contributed by atoms with E-state index in [9.17, 15) is 14.4 Å². The number of rotatable bonds is 4. The van der Waals surface area contributed by atoms with Gasteiger partial charge in [0.15, 0.2) is 11.4 Å². The average Bonchev–Trinajstić information content (AvgIpc) is 2.55. The molecule has 118 valence electrons. The van der Waals surface area contributed by atoms with Crippen molar-refractivity contribution in [1.29, 1.82) is 0 Å². The fourth-order valence-electron chi connectivity index (χ4n) is 2.26. The number of carbonyl (C=O) groups is 2. The van der Waals surface area contributed by atoms with Crippen molar-refractivity contribution < 1.29 is 14.3 Å². The SMILES string of the molecule is NC(=O)c1cn2c(c(OCc3ccccc3)c1=O)C(=O)NCN2. The number of nitrogens with one attached hydrogen (secondary N) is 2.